The van der Waals surface area contributed by atoms with Crippen molar-refractivity contribution < 1.29 is 19.2 Å². The molecule has 0 fully saturated rings. The molecule has 1 unspecified atom stereocenters. The van der Waals surface area contributed by atoms with Gasteiger partial charge < -0.3 is 14.4 Å². The van der Waals surface area contributed by atoms with Crippen LogP contribution in [0.15, 0.2) is 4.47 Å². The minimum absolute atomic E-state index is 0.0817. The summed E-state index contributed by atoms with van der Waals surface area (Å²) in [6, 6.07) is 0. The maximum atomic E-state index is 11.1. The summed E-state index contributed by atoms with van der Waals surface area (Å²) in [5.74, 6) is -1.18. The minimum atomic E-state index is -1.86. The third-order valence-corrected chi connectivity index (χ3v) is 3.26. The van der Waals surface area contributed by atoms with Gasteiger partial charge in [0.2, 0.25) is 0 Å². The molecular weight excluding hydrogens is 262 g/mol. The van der Waals surface area contributed by atoms with Crippen molar-refractivity contribution in [2.75, 3.05) is 6.61 Å². The predicted octanol–water partition coefficient (Wildman–Crippen LogP) is 1.67. The first-order valence-corrected chi connectivity index (χ1v) is 5.24. The van der Waals surface area contributed by atoms with Crippen LogP contribution in [0.5, 0.6) is 5.88 Å². The maximum Gasteiger partial charge on any atom is 0.393 e. The van der Waals surface area contributed by atoms with Crippen LogP contribution in [0, 0.1) is 0 Å². The summed E-state index contributed by atoms with van der Waals surface area (Å²) < 4.78 is 19.7. The van der Waals surface area contributed by atoms with E-state index < -0.39 is 16.9 Å². The smallest absolute Gasteiger partial charge is 0.393 e. The number of carboxylic acids is 1. The number of carbonyl (C=O) groups is 1. The van der Waals surface area contributed by atoms with Crippen molar-refractivity contribution in [3.05, 3.63) is 9.35 Å². The topological polar surface area (TPSA) is 82.5 Å². The standard InChI is InChI=1S/C6H6BrNO4S/c1-2-12-5-3(7)4(6(9)10)13(11)8-5/h2H2,1H3,(H,9,10). The van der Waals surface area contributed by atoms with Crippen molar-refractivity contribution in [2.45, 2.75) is 6.92 Å². The Morgan fingerprint density at radius 2 is 2.46 bits per heavy atom. The van der Waals surface area contributed by atoms with Gasteiger partial charge in [-0.05, 0) is 22.9 Å². The number of carboxylic acid groups (broad SMARTS) is 1. The average Bonchev–Trinajstić information content (AvgIpc) is 2.28. The molecule has 1 aromatic heterocycles. The minimum Gasteiger partial charge on any atom is -0.568 e. The lowest BCUT2D eigenvalue weighted by atomic mass is 10.5. The first-order chi connectivity index (χ1) is 6.07. The van der Waals surface area contributed by atoms with E-state index in [4.69, 9.17) is 9.84 Å². The van der Waals surface area contributed by atoms with Crippen LogP contribution in [0.4, 0.5) is 0 Å². The number of aromatic carboxylic acids is 1. The quantitative estimate of drug-likeness (QED) is 0.843. The van der Waals surface area contributed by atoms with E-state index in [1.807, 2.05) is 0 Å². The number of nitrogens with zero attached hydrogens (tertiary/aromatic N) is 1. The van der Waals surface area contributed by atoms with E-state index in [0.29, 0.717) is 6.61 Å². The number of ether oxygens (including phenoxy) is 1. The predicted molar refractivity (Wildman–Crippen MR) is 48.7 cm³/mol. The first-order valence-electron chi connectivity index (χ1n) is 3.34. The highest BCUT2D eigenvalue weighted by molar-refractivity contribution is 9.10. The number of aromatic nitrogens is 1. The third-order valence-electron chi connectivity index (χ3n) is 1.20. The second-order valence-electron chi connectivity index (χ2n) is 2.03. The van der Waals surface area contributed by atoms with Gasteiger partial charge in [-0.25, -0.2) is 4.79 Å². The van der Waals surface area contributed by atoms with Crippen molar-refractivity contribution in [3.8, 4) is 5.88 Å². The Bertz CT molecular complexity index is 338. The average molecular weight is 268 g/mol. The van der Waals surface area contributed by atoms with Gasteiger partial charge in [-0.3, -0.25) is 0 Å². The van der Waals surface area contributed by atoms with Crippen LogP contribution in [0.2, 0.25) is 0 Å². The zero-order valence-electron chi connectivity index (χ0n) is 6.61. The van der Waals surface area contributed by atoms with E-state index in [9.17, 15) is 9.35 Å². The lowest BCUT2D eigenvalue weighted by Crippen LogP contribution is -1.95. The highest BCUT2D eigenvalue weighted by Crippen LogP contribution is 2.35. The first kappa shape index (κ1) is 10.4. The molecule has 1 heterocycles. The molecule has 7 heteroatoms. The molecule has 0 saturated carbocycles. The molecule has 0 radical (unpaired) electrons. The summed E-state index contributed by atoms with van der Waals surface area (Å²) in [7, 11) is -1.86. The van der Waals surface area contributed by atoms with Crippen molar-refractivity contribution in [3.63, 3.8) is 0 Å². The van der Waals surface area contributed by atoms with Gasteiger partial charge in [-0.1, -0.05) is 0 Å². The number of hydrogen-bond acceptors (Lipinski definition) is 4. The molecular formula is C6H6BrNO4S. The summed E-state index contributed by atoms with van der Waals surface area (Å²) in [5.41, 5.74) is 0. The molecule has 0 bridgehead atoms. The molecule has 1 aromatic rings. The Morgan fingerprint density at radius 1 is 1.85 bits per heavy atom. The zero-order chi connectivity index (χ0) is 10.0. The Balaban J connectivity index is 3.14. The van der Waals surface area contributed by atoms with Gasteiger partial charge in [-0.15, -0.1) is 0 Å². The summed E-state index contributed by atoms with van der Waals surface area (Å²) in [4.78, 5) is 10.3. The highest BCUT2D eigenvalue weighted by atomic mass is 79.9. The molecule has 0 aromatic carbocycles. The molecule has 13 heavy (non-hydrogen) atoms. The summed E-state index contributed by atoms with van der Waals surface area (Å²) in [6.07, 6.45) is 0. The molecule has 0 aliphatic heterocycles. The van der Waals surface area contributed by atoms with Crippen LogP contribution >= 0.6 is 26.9 Å². The second-order valence-corrected chi connectivity index (χ2v) is 3.91. The van der Waals surface area contributed by atoms with Gasteiger partial charge in [0.25, 0.3) is 5.88 Å². The van der Waals surface area contributed by atoms with Gasteiger partial charge in [0.15, 0.2) is 4.47 Å². The van der Waals surface area contributed by atoms with Crippen LogP contribution in [-0.4, -0.2) is 26.6 Å². The fraction of sp³-hybridized carbons (Fsp3) is 0.333. The third kappa shape index (κ3) is 1.98. The maximum absolute atomic E-state index is 11.1. The molecule has 1 rings (SSSR count). The van der Waals surface area contributed by atoms with E-state index in [1.165, 1.54) is 0 Å². The van der Waals surface area contributed by atoms with Crippen LogP contribution in [0.3, 0.4) is 0 Å². The van der Waals surface area contributed by atoms with Gasteiger partial charge in [0.1, 0.15) is 0 Å². The van der Waals surface area contributed by atoms with Crippen molar-refractivity contribution in [2.24, 2.45) is 0 Å². The molecule has 0 saturated heterocycles. The molecule has 0 amide bonds. The van der Waals surface area contributed by atoms with Crippen LogP contribution in [0.25, 0.3) is 0 Å². The lowest BCUT2D eigenvalue weighted by Gasteiger charge is -1.93. The molecule has 0 aliphatic carbocycles. The normalized spacial score (nSPS) is 11.5. The summed E-state index contributed by atoms with van der Waals surface area (Å²) in [5, 5.41) is 8.63. The van der Waals surface area contributed by atoms with Crippen LogP contribution < -0.4 is 4.74 Å². The molecule has 1 N–H and O–H groups in total. The Hall–Kier alpha value is -0.660. The van der Waals surface area contributed by atoms with Gasteiger partial charge in [-0.2, -0.15) is 0 Å². The molecule has 0 aliphatic rings. The molecule has 0 spiro atoms. The van der Waals surface area contributed by atoms with Crippen LogP contribution in [0.1, 0.15) is 16.6 Å². The highest BCUT2D eigenvalue weighted by Gasteiger charge is 2.28. The van der Waals surface area contributed by atoms with E-state index in [2.05, 4.69) is 20.3 Å². The van der Waals surface area contributed by atoms with Crippen molar-refractivity contribution in [1.29, 1.82) is 0 Å². The lowest BCUT2D eigenvalue weighted by molar-refractivity contribution is 0.0700. The molecule has 5 nitrogen and oxygen atoms in total. The second kappa shape index (κ2) is 4.03. The SMILES string of the molecule is CCOc1n[s+]([O-])c(C(=O)O)c1Br. The monoisotopic (exact) mass is 267 g/mol. The van der Waals surface area contributed by atoms with Gasteiger partial charge in [0, 0.05) is 4.37 Å². The van der Waals surface area contributed by atoms with E-state index in [-0.39, 0.29) is 15.2 Å². The Labute approximate surface area is 85.4 Å². The van der Waals surface area contributed by atoms with Crippen molar-refractivity contribution >= 4 is 32.8 Å². The summed E-state index contributed by atoms with van der Waals surface area (Å²) >= 11 is 2.96. The largest absolute Gasteiger partial charge is 0.568 e. The van der Waals surface area contributed by atoms with E-state index >= 15 is 0 Å². The fourth-order valence-electron chi connectivity index (χ4n) is 0.730. The molecule has 1 atom stereocenters. The number of hydrogen-bond donors (Lipinski definition) is 1. The van der Waals surface area contributed by atoms with Gasteiger partial charge >= 0.3 is 10.8 Å². The van der Waals surface area contributed by atoms with Crippen LogP contribution in [-0.2, 0) is 0 Å². The van der Waals surface area contributed by atoms with E-state index in [0.717, 1.165) is 0 Å². The van der Waals surface area contributed by atoms with Crippen molar-refractivity contribution in [1.82, 2.24) is 4.37 Å². The number of rotatable bonds is 3. The summed E-state index contributed by atoms with van der Waals surface area (Å²) in [6.45, 7) is 2.07. The zero-order valence-corrected chi connectivity index (χ0v) is 9.01. The van der Waals surface area contributed by atoms with Gasteiger partial charge in [0.05, 0.1) is 17.6 Å². The van der Waals surface area contributed by atoms with E-state index in [1.54, 1.807) is 6.92 Å². The Morgan fingerprint density at radius 3 is 2.85 bits per heavy atom. The number of halogens is 1. The fourth-order valence-corrected chi connectivity index (χ4v) is 2.41. The molecule has 72 valence electrons. The Kier molecular flexibility index (Phi) is 3.23.